The molecule has 1 N–H and O–H groups in total. The maximum atomic E-state index is 4.53. The summed E-state index contributed by atoms with van der Waals surface area (Å²) >= 11 is 0. The summed E-state index contributed by atoms with van der Waals surface area (Å²) < 4.78 is 0. The number of rotatable bonds is 3. The molecule has 2 aromatic rings. The topological polar surface area (TPSA) is 41.6 Å². The van der Waals surface area contributed by atoms with Crippen molar-refractivity contribution in [3.8, 4) is 11.4 Å². The van der Waals surface area contributed by atoms with Crippen molar-refractivity contribution in [1.82, 2.24) is 15.2 Å². The summed E-state index contributed by atoms with van der Waals surface area (Å²) in [5.41, 5.74) is 2.45. The number of hydrogen-bond donors (Lipinski definition) is 1. The first-order valence-electron chi connectivity index (χ1n) is 5.88. The zero-order chi connectivity index (χ0) is 11.0. The van der Waals surface area contributed by atoms with Crippen LogP contribution in [-0.2, 0) is 6.42 Å². The van der Waals surface area contributed by atoms with E-state index in [1.165, 1.54) is 18.4 Å². The molecule has 1 aliphatic rings. The highest BCUT2D eigenvalue weighted by Crippen LogP contribution is 2.38. The zero-order valence-electron chi connectivity index (χ0n) is 9.40. The molecule has 1 aliphatic carbocycles. The molecule has 0 unspecified atom stereocenters. The number of aromatic amines is 1. The summed E-state index contributed by atoms with van der Waals surface area (Å²) in [6.45, 7) is 2.16. The van der Waals surface area contributed by atoms with Crippen molar-refractivity contribution in [3.63, 3.8) is 0 Å². The molecule has 1 aromatic carbocycles. The Morgan fingerprint density at radius 3 is 2.62 bits per heavy atom. The standard InChI is InChI=1S/C13H15N3/c1-2-9-3-5-10(6-4-9)12-14-13(16-15-12)11-7-8-11/h3-6,11H,2,7-8H2,1H3,(H,14,15,16). The van der Waals surface area contributed by atoms with Crippen LogP contribution in [0.1, 0.15) is 37.1 Å². The van der Waals surface area contributed by atoms with E-state index in [1.807, 2.05) is 0 Å². The minimum Gasteiger partial charge on any atom is -0.262 e. The second-order valence-corrected chi connectivity index (χ2v) is 4.37. The summed E-state index contributed by atoms with van der Waals surface area (Å²) in [7, 11) is 0. The molecule has 0 atom stereocenters. The highest BCUT2D eigenvalue weighted by Gasteiger charge is 2.27. The average molecular weight is 213 g/mol. The molecule has 1 saturated carbocycles. The summed E-state index contributed by atoms with van der Waals surface area (Å²) in [6, 6.07) is 8.47. The molecule has 0 bridgehead atoms. The quantitative estimate of drug-likeness (QED) is 0.851. The first kappa shape index (κ1) is 9.58. The summed E-state index contributed by atoms with van der Waals surface area (Å²) in [4.78, 5) is 4.53. The van der Waals surface area contributed by atoms with E-state index in [4.69, 9.17) is 0 Å². The van der Waals surface area contributed by atoms with E-state index in [2.05, 4.69) is 46.4 Å². The third-order valence-electron chi connectivity index (χ3n) is 3.09. The Kier molecular flexibility index (Phi) is 2.24. The second-order valence-electron chi connectivity index (χ2n) is 4.37. The van der Waals surface area contributed by atoms with Gasteiger partial charge in [0.2, 0.25) is 0 Å². The smallest absolute Gasteiger partial charge is 0.181 e. The van der Waals surface area contributed by atoms with Crippen molar-refractivity contribution in [2.24, 2.45) is 0 Å². The van der Waals surface area contributed by atoms with E-state index >= 15 is 0 Å². The average Bonchev–Trinajstić information content (AvgIpc) is 3.08. The molecule has 0 spiro atoms. The molecule has 16 heavy (non-hydrogen) atoms. The van der Waals surface area contributed by atoms with Crippen LogP contribution < -0.4 is 0 Å². The molecule has 1 heterocycles. The number of hydrogen-bond acceptors (Lipinski definition) is 2. The lowest BCUT2D eigenvalue weighted by atomic mass is 10.1. The van der Waals surface area contributed by atoms with Crippen LogP contribution in [0.4, 0.5) is 0 Å². The monoisotopic (exact) mass is 213 g/mol. The van der Waals surface area contributed by atoms with E-state index in [9.17, 15) is 0 Å². The van der Waals surface area contributed by atoms with Crippen molar-refractivity contribution in [3.05, 3.63) is 35.7 Å². The molecule has 1 aromatic heterocycles. The minimum atomic E-state index is 0.635. The van der Waals surface area contributed by atoms with Gasteiger partial charge in [0.15, 0.2) is 5.82 Å². The van der Waals surface area contributed by atoms with Gasteiger partial charge in [-0.25, -0.2) is 4.98 Å². The molecular weight excluding hydrogens is 198 g/mol. The van der Waals surface area contributed by atoms with E-state index in [-0.39, 0.29) is 0 Å². The Labute approximate surface area is 94.9 Å². The molecule has 3 heteroatoms. The van der Waals surface area contributed by atoms with Crippen molar-refractivity contribution < 1.29 is 0 Å². The Morgan fingerprint density at radius 1 is 1.25 bits per heavy atom. The van der Waals surface area contributed by atoms with Crippen LogP contribution in [0, 0.1) is 0 Å². The number of aryl methyl sites for hydroxylation is 1. The third kappa shape index (κ3) is 1.73. The normalized spacial score (nSPS) is 15.3. The summed E-state index contributed by atoms with van der Waals surface area (Å²) in [5, 5.41) is 7.30. The first-order valence-corrected chi connectivity index (χ1v) is 5.88. The molecule has 82 valence electrons. The van der Waals surface area contributed by atoms with Crippen molar-refractivity contribution >= 4 is 0 Å². The van der Waals surface area contributed by atoms with Gasteiger partial charge in [-0.05, 0) is 24.8 Å². The van der Waals surface area contributed by atoms with E-state index in [1.54, 1.807) is 0 Å². The molecule has 0 saturated heterocycles. The first-order chi connectivity index (χ1) is 7.86. The Balaban J connectivity index is 1.88. The maximum absolute atomic E-state index is 4.53. The van der Waals surface area contributed by atoms with Crippen molar-refractivity contribution in [2.45, 2.75) is 32.1 Å². The van der Waals surface area contributed by atoms with Gasteiger partial charge >= 0.3 is 0 Å². The predicted molar refractivity (Wildman–Crippen MR) is 63.2 cm³/mol. The van der Waals surface area contributed by atoms with E-state index in [0.717, 1.165) is 23.6 Å². The number of benzene rings is 1. The lowest BCUT2D eigenvalue weighted by molar-refractivity contribution is 0.935. The maximum Gasteiger partial charge on any atom is 0.181 e. The van der Waals surface area contributed by atoms with Crippen LogP contribution in [0.5, 0.6) is 0 Å². The Morgan fingerprint density at radius 2 is 2.00 bits per heavy atom. The lowest BCUT2D eigenvalue weighted by Gasteiger charge is -1.97. The highest BCUT2D eigenvalue weighted by molar-refractivity contribution is 5.55. The fourth-order valence-corrected chi connectivity index (χ4v) is 1.83. The number of H-pyrrole nitrogens is 1. The highest BCUT2D eigenvalue weighted by atomic mass is 15.2. The summed E-state index contributed by atoms with van der Waals surface area (Å²) in [6.07, 6.45) is 3.58. The molecule has 1 fully saturated rings. The zero-order valence-corrected chi connectivity index (χ0v) is 9.40. The van der Waals surface area contributed by atoms with Crippen LogP contribution >= 0.6 is 0 Å². The third-order valence-corrected chi connectivity index (χ3v) is 3.09. The van der Waals surface area contributed by atoms with Crippen LogP contribution in [-0.4, -0.2) is 15.2 Å². The van der Waals surface area contributed by atoms with Gasteiger partial charge in [-0.3, -0.25) is 5.10 Å². The van der Waals surface area contributed by atoms with Gasteiger partial charge in [0.05, 0.1) is 0 Å². The van der Waals surface area contributed by atoms with Gasteiger partial charge in [0, 0.05) is 11.5 Å². The predicted octanol–water partition coefficient (Wildman–Crippen LogP) is 2.91. The van der Waals surface area contributed by atoms with Crippen LogP contribution in [0.3, 0.4) is 0 Å². The Hall–Kier alpha value is -1.64. The Bertz CT molecular complexity index is 480. The molecule has 3 nitrogen and oxygen atoms in total. The van der Waals surface area contributed by atoms with E-state index in [0.29, 0.717) is 5.92 Å². The minimum absolute atomic E-state index is 0.635. The number of nitrogens with zero attached hydrogens (tertiary/aromatic N) is 2. The molecular formula is C13H15N3. The van der Waals surface area contributed by atoms with Gasteiger partial charge < -0.3 is 0 Å². The van der Waals surface area contributed by atoms with Crippen LogP contribution in [0.15, 0.2) is 24.3 Å². The molecule has 0 aliphatic heterocycles. The number of nitrogens with one attached hydrogen (secondary N) is 1. The SMILES string of the molecule is CCc1ccc(-c2n[nH]c(C3CC3)n2)cc1. The van der Waals surface area contributed by atoms with Gasteiger partial charge in [0.25, 0.3) is 0 Å². The van der Waals surface area contributed by atoms with Gasteiger partial charge in [-0.1, -0.05) is 31.2 Å². The molecule has 3 rings (SSSR count). The second kappa shape index (κ2) is 3.74. The fraction of sp³-hybridized carbons (Fsp3) is 0.385. The molecule has 0 radical (unpaired) electrons. The van der Waals surface area contributed by atoms with Gasteiger partial charge in [0.1, 0.15) is 5.82 Å². The van der Waals surface area contributed by atoms with Crippen molar-refractivity contribution in [2.75, 3.05) is 0 Å². The largest absolute Gasteiger partial charge is 0.262 e. The number of aromatic nitrogens is 3. The summed E-state index contributed by atoms with van der Waals surface area (Å²) in [5.74, 6) is 2.51. The van der Waals surface area contributed by atoms with Crippen LogP contribution in [0.2, 0.25) is 0 Å². The molecule has 0 amide bonds. The lowest BCUT2D eigenvalue weighted by Crippen LogP contribution is -1.84. The van der Waals surface area contributed by atoms with E-state index < -0.39 is 0 Å². The van der Waals surface area contributed by atoms with Gasteiger partial charge in [-0.15, -0.1) is 0 Å². The van der Waals surface area contributed by atoms with Crippen molar-refractivity contribution in [1.29, 1.82) is 0 Å². The fourth-order valence-electron chi connectivity index (χ4n) is 1.83. The van der Waals surface area contributed by atoms with Crippen LogP contribution in [0.25, 0.3) is 11.4 Å². The van der Waals surface area contributed by atoms with Gasteiger partial charge in [-0.2, -0.15) is 5.10 Å².